The van der Waals surface area contributed by atoms with Gasteiger partial charge in [-0.25, -0.2) is 0 Å². The molecule has 0 saturated heterocycles. The molecule has 4 nitrogen and oxygen atoms in total. The smallest absolute Gasteiger partial charge is 0.254 e. The third-order valence-corrected chi connectivity index (χ3v) is 1.74. The first-order valence-electron chi connectivity index (χ1n) is 4.34. The van der Waals surface area contributed by atoms with E-state index in [9.17, 15) is 4.79 Å². The van der Waals surface area contributed by atoms with E-state index in [2.05, 4.69) is 5.32 Å². The van der Waals surface area contributed by atoms with Crippen molar-refractivity contribution in [2.75, 3.05) is 13.1 Å². The van der Waals surface area contributed by atoms with Crippen LogP contribution in [0.15, 0.2) is 16.7 Å². The van der Waals surface area contributed by atoms with Gasteiger partial charge in [-0.15, -0.1) is 0 Å². The molecule has 13 heavy (non-hydrogen) atoms. The van der Waals surface area contributed by atoms with Crippen LogP contribution < -0.4 is 11.1 Å². The number of hydrogen-bond donors (Lipinski definition) is 2. The number of carbonyl (C=O) groups excluding carboxylic acids is 1. The molecule has 0 spiro atoms. The van der Waals surface area contributed by atoms with Crippen LogP contribution in [-0.2, 0) is 6.42 Å². The largest absolute Gasteiger partial charge is 0.469 e. The third-order valence-electron chi connectivity index (χ3n) is 1.74. The summed E-state index contributed by atoms with van der Waals surface area (Å²) >= 11 is 0. The fraction of sp³-hybridized carbons (Fsp3) is 0.444. The minimum atomic E-state index is -0.115. The Balaban J connectivity index is 2.65. The molecule has 0 radical (unpaired) electrons. The summed E-state index contributed by atoms with van der Waals surface area (Å²) in [5.74, 6) is 0.602. The van der Waals surface area contributed by atoms with Gasteiger partial charge in [0.05, 0.1) is 11.8 Å². The maximum atomic E-state index is 11.4. The lowest BCUT2D eigenvalue weighted by atomic mass is 10.2. The SMILES string of the molecule is CCc1occc1C(=O)NCCN. The lowest BCUT2D eigenvalue weighted by Crippen LogP contribution is -2.29. The second-order valence-electron chi connectivity index (χ2n) is 2.66. The predicted molar refractivity (Wildman–Crippen MR) is 49.5 cm³/mol. The van der Waals surface area contributed by atoms with Crippen molar-refractivity contribution < 1.29 is 9.21 Å². The first-order valence-corrected chi connectivity index (χ1v) is 4.34. The van der Waals surface area contributed by atoms with E-state index in [4.69, 9.17) is 10.2 Å². The lowest BCUT2D eigenvalue weighted by molar-refractivity contribution is 0.0953. The molecule has 1 aromatic heterocycles. The van der Waals surface area contributed by atoms with Crippen molar-refractivity contribution in [1.82, 2.24) is 5.32 Å². The van der Waals surface area contributed by atoms with E-state index in [-0.39, 0.29) is 5.91 Å². The number of furan rings is 1. The Morgan fingerprint density at radius 3 is 3.08 bits per heavy atom. The number of rotatable bonds is 4. The minimum Gasteiger partial charge on any atom is -0.469 e. The Bertz CT molecular complexity index is 281. The molecule has 1 rings (SSSR count). The van der Waals surface area contributed by atoms with Gasteiger partial charge in [0.2, 0.25) is 0 Å². The molecule has 0 saturated carbocycles. The number of aryl methyl sites for hydroxylation is 1. The molecule has 0 aliphatic heterocycles. The Morgan fingerprint density at radius 2 is 2.46 bits per heavy atom. The maximum absolute atomic E-state index is 11.4. The highest BCUT2D eigenvalue weighted by molar-refractivity contribution is 5.95. The lowest BCUT2D eigenvalue weighted by Gasteiger charge is -2.01. The van der Waals surface area contributed by atoms with E-state index in [1.807, 2.05) is 6.92 Å². The maximum Gasteiger partial charge on any atom is 0.254 e. The van der Waals surface area contributed by atoms with Crippen LogP contribution in [0.2, 0.25) is 0 Å². The van der Waals surface area contributed by atoms with Crippen LogP contribution in [0, 0.1) is 0 Å². The van der Waals surface area contributed by atoms with E-state index in [1.165, 1.54) is 6.26 Å². The molecule has 0 bridgehead atoms. The fourth-order valence-corrected chi connectivity index (χ4v) is 1.10. The van der Waals surface area contributed by atoms with Crippen LogP contribution in [0.5, 0.6) is 0 Å². The molecule has 4 heteroatoms. The van der Waals surface area contributed by atoms with Gasteiger partial charge in [-0.2, -0.15) is 0 Å². The monoisotopic (exact) mass is 182 g/mol. The topological polar surface area (TPSA) is 68.3 Å². The summed E-state index contributed by atoms with van der Waals surface area (Å²) in [6.07, 6.45) is 2.24. The number of amides is 1. The highest BCUT2D eigenvalue weighted by atomic mass is 16.3. The molecule has 3 N–H and O–H groups in total. The van der Waals surface area contributed by atoms with Crippen molar-refractivity contribution in [2.24, 2.45) is 5.73 Å². The molecule has 0 atom stereocenters. The van der Waals surface area contributed by atoms with E-state index in [1.54, 1.807) is 6.07 Å². The van der Waals surface area contributed by atoms with Gasteiger partial charge in [0.25, 0.3) is 5.91 Å². The fourth-order valence-electron chi connectivity index (χ4n) is 1.10. The Kier molecular flexibility index (Phi) is 3.52. The summed E-state index contributed by atoms with van der Waals surface area (Å²) in [7, 11) is 0. The first kappa shape index (κ1) is 9.80. The van der Waals surface area contributed by atoms with Crippen molar-refractivity contribution in [3.63, 3.8) is 0 Å². The number of nitrogens with two attached hydrogens (primary N) is 1. The summed E-state index contributed by atoms with van der Waals surface area (Å²) in [6, 6.07) is 1.67. The quantitative estimate of drug-likeness (QED) is 0.713. The van der Waals surface area contributed by atoms with Crippen LogP contribution >= 0.6 is 0 Å². The number of carbonyl (C=O) groups is 1. The zero-order valence-electron chi connectivity index (χ0n) is 7.67. The summed E-state index contributed by atoms with van der Waals surface area (Å²) in [5, 5.41) is 2.69. The van der Waals surface area contributed by atoms with E-state index < -0.39 is 0 Å². The Labute approximate surface area is 77.1 Å². The summed E-state index contributed by atoms with van der Waals surface area (Å²) in [5.41, 5.74) is 5.87. The summed E-state index contributed by atoms with van der Waals surface area (Å²) in [6.45, 7) is 2.89. The van der Waals surface area contributed by atoms with E-state index in [0.29, 0.717) is 18.7 Å². The summed E-state index contributed by atoms with van der Waals surface area (Å²) in [4.78, 5) is 11.4. The molecule has 1 heterocycles. The van der Waals surface area contributed by atoms with Gasteiger partial charge in [-0.3, -0.25) is 4.79 Å². The van der Waals surface area contributed by atoms with Gasteiger partial charge in [-0.1, -0.05) is 6.92 Å². The van der Waals surface area contributed by atoms with Crippen LogP contribution in [0.25, 0.3) is 0 Å². The second kappa shape index (κ2) is 4.67. The molecule has 0 aromatic carbocycles. The van der Waals surface area contributed by atoms with Crippen molar-refractivity contribution in [3.8, 4) is 0 Å². The van der Waals surface area contributed by atoms with E-state index >= 15 is 0 Å². The molecule has 1 amide bonds. The minimum absolute atomic E-state index is 0.115. The van der Waals surface area contributed by atoms with Gasteiger partial charge in [0, 0.05) is 19.5 Å². The Morgan fingerprint density at radius 1 is 1.69 bits per heavy atom. The van der Waals surface area contributed by atoms with Crippen LogP contribution in [-0.4, -0.2) is 19.0 Å². The van der Waals surface area contributed by atoms with Crippen LogP contribution in [0.4, 0.5) is 0 Å². The molecule has 0 unspecified atom stereocenters. The summed E-state index contributed by atoms with van der Waals surface area (Å²) < 4.78 is 5.12. The van der Waals surface area contributed by atoms with Crippen molar-refractivity contribution in [1.29, 1.82) is 0 Å². The number of hydrogen-bond acceptors (Lipinski definition) is 3. The van der Waals surface area contributed by atoms with Crippen molar-refractivity contribution in [3.05, 3.63) is 23.7 Å². The van der Waals surface area contributed by atoms with Gasteiger partial charge >= 0.3 is 0 Å². The molecule has 0 aliphatic carbocycles. The normalized spacial score (nSPS) is 10.0. The molecule has 72 valence electrons. The average molecular weight is 182 g/mol. The van der Waals surface area contributed by atoms with Crippen molar-refractivity contribution in [2.45, 2.75) is 13.3 Å². The number of nitrogens with one attached hydrogen (secondary N) is 1. The Hall–Kier alpha value is -1.29. The molecular formula is C9H14N2O2. The standard InChI is InChI=1S/C9H14N2O2/c1-2-8-7(3-6-13-8)9(12)11-5-4-10/h3,6H,2,4-5,10H2,1H3,(H,11,12). The van der Waals surface area contributed by atoms with Crippen molar-refractivity contribution >= 4 is 5.91 Å². The van der Waals surface area contributed by atoms with E-state index in [0.717, 1.165) is 12.2 Å². The highest BCUT2D eigenvalue weighted by Crippen LogP contribution is 2.10. The average Bonchev–Trinajstić information content (AvgIpc) is 2.61. The van der Waals surface area contributed by atoms with Gasteiger partial charge in [-0.05, 0) is 6.07 Å². The zero-order valence-corrected chi connectivity index (χ0v) is 7.67. The van der Waals surface area contributed by atoms with Gasteiger partial charge in [0.1, 0.15) is 5.76 Å². The molecular weight excluding hydrogens is 168 g/mol. The van der Waals surface area contributed by atoms with Gasteiger partial charge < -0.3 is 15.5 Å². The van der Waals surface area contributed by atoms with Gasteiger partial charge in [0.15, 0.2) is 0 Å². The molecule has 0 aliphatic rings. The van der Waals surface area contributed by atoms with Crippen LogP contribution in [0.1, 0.15) is 23.0 Å². The molecule has 1 aromatic rings. The third kappa shape index (κ3) is 2.32. The first-order chi connectivity index (χ1) is 6.29. The highest BCUT2D eigenvalue weighted by Gasteiger charge is 2.11. The predicted octanol–water partition coefficient (Wildman–Crippen LogP) is 0.531. The van der Waals surface area contributed by atoms with Crippen LogP contribution in [0.3, 0.4) is 0 Å². The zero-order chi connectivity index (χ0) is 9.68. The second-order valence-corrected chi connectivity index (χ2v) is 2.66. The molecule has 0 fully saturated rings.